The standard InChI is InChI=1S/C16H11FN2S.ClH/c17-14-11-6-2-4-8-13(11)20-16(14)15-10-5-1-3-7-12(10)18-9-19-15;/h1-9,15H,(H,18,19);1H. The van der Waals surface area contributed by atoms with Gasteiger partial charge in [-0.05, 0) is 12.1 Å². The summed E-state index contributed by atoms with van der Waals surface area (Å²) in [5.74, 6) is -0.149. The van der Waals surface area contributed by atoms with E-state index in [1.165, 1.54) is 11.3 Å². The number of anilines is 1. The highest BCUT2D eigenvalue weighted by atomic mass is 35.5. The summed E-state index contributed by atoms with van der Waals surface area (Å²) in [6.45, 7) is 0. The van der Waals surface area contributed by atoms with Crippen molar-refractivity contribution in [2.24, 2.45) is 4.99 Å². The Morgan fingerprint density at radius 2 is 1.81 bits per heavy atom. The minimum atomic E-state index is -0.259. The monoisotopic (exact) mass is 318 g/mol. The van der Waals surface area contributed by atoms with Crippen molar-refractivity contribution in [3.8, 4) is 0 Å². The lowest BCUT2D eigenvalue weighted by atomic mass is 10.0. The van der Waals surface area contributed by atoms with E-state index in [0.717, 1.165) is 16.0 Å². The first-order chi connectivity index (χ1) is 9.84. The zero-order valence-corrected chi connectivity index (χ0v) is 12.5. The van der Waals surface area contributed by atoms with Crippen LogP contribution in [0.15, 0.2) is 53.5 Å². The molecule has 0 bridgehead atoms. The van der Waals surface area contributed by atoms with E-state index in [9.17, 15) is 4.39 Å². The molecule has 0 aliphatic carbocycles. The maximum atomic E-state index is 14.6. The lowest BCUT2D eigenvalue weighted by Gasteiger charge is -2.20. The molecular weight excluding hydrogens is 307 g/mol. The highest BCUT2D eigenvalue weighted by Gasteiger charge is 2.25. The molecule has 5 heteroatoms. The molecule has 3 aromatic rings. The van der Waals surface area contributed by atoms with Crippen LogP contribution in [0, 0.1) is 5.82 Å². The summed E-state index contributed by atoms with van der Waals surface area (Å²) in [7, 11) is 0. The Morgan fingerprint density at radius 1 is 1.05 bits per heavy atom. The number of nitrogens with one attached hydrogen (secondary N) is 1. The first kappa shape index (κ1) is 14.0. The van der Waals surface area contributed by atoms with E-state index >= 15 is 0 Å². The molecule has 1 N–H and O–H groups in total. The summed E-state index contributed by atoms with van der Waals surface area (Å²) in [6, 6.07) is 15.2. The molecule has 21 heavy (non-hydrogen) atoms. The van der Waals surface area contributed by atoms with Gasteiger partial charge in [-0.1, -0.05) is 36.4 Å². The van der Waals surface area contributed by atoms with Gasteiger partial charge < -0.3 is 5.32 Å². The molecule has 1 unspecified atom stereocenters. The number of halogens is 2. The number of aliphatic imine (C=N–C) groups is 1. The van der Waals surface area contributed by atoms with Gasteiger partial charge in [0.15, 0.2) is 0 Å². The Morgan fingerprint density at radius 3 is 2.67 bits per heavy atom. The molecule has 0 fully saturated rings. The van der Waals surface area contributed by atoms with Crippen molar-refractivity contribution in [2.75, 3.05) is 5.32 Å². The van der Waals surface area contributed by atoms with Crippen LogP contribution in [0.5, 0.6) is 0 Å². The van der Waals surface area contributed by atoms with Crippen molar-refractivity contribution in [3.63, 3.8) is 0 Å². The molecule has 0 saturated carbocycles. The van der Waals surface area contributed by atoms with Gasteiger partial charge in [0.2, 0.25) is 0 Å². The zero-order valence-electron chi connectivity index (χ0n) is 10.9. The minimum absolute atomic E-state index is 0. The number of fused-ring (bicyclic) bond motifs is 2. The third kappa shape index (κ3) is 2.20. The van der Waals surface area contributed by atoms with Gasteiger partial charge in [0.25, 0.3) is 0 Å². The van der Waals surface area contributed by atoms with Crippen molar-refractivity contribution >= 4 is 45.9 Å². The second kappa shape index (κ2) is 5.47. The number of hydrogen-bond donors (Lipinski definition) is 1. The summed E-state index contributed by atoms with van der Waals surface area (Å²) in [4.78, 5) is 5.11. The summed E-state index contributed by atoms with van der Waals surface area (Å²) < 4.78 is 15.6. The second-order valence-corrected chi connectivity index (χ2v) is 5.77. The fourth-order valence-electron chi connectivity index (χ4n) is 2.55. The van der Waals surface area contributed by atoms with Crippen LogP contribution in [0.4, 0.5) is 10.1 Å². The zero-order chi connectivity index (χ0) is 13.5. The van der Waals surface area contributed by atoms with E-state index in [1.807, 2.05) is 48.5 Å². The quantitative estimate of drug-likeness (QED) is 0.670. The van der Waals surface area contributed by atoms with Crippen LogP contribution >= 0.6 is 23.7 Å². The Hall–Kier alpha value is -1.91. The molecule has 0 saturated heterocycles. The molecule has 2 aromatic carbocycles. The van der Waals surface area contributed by atoms with Crippen LogP contribution in [0.1, 0.15) is 16.5 Å². The van der Waals surface area contributed by atoms with Crippen molar-refractivity contribution in [1.82, 2.24) is 0 Å². The Labute approximate surface area is 131 Å². The van der Waals surface area contributed by atoms with E-state index in [4.69, 9.17) is 0 Å². The van der Waals surface area contributed by atoms with Gasteiger partial charge >= 0.3 is 0 Å². The molecule has 0 spiro atoms. The maximum Gasteiger partial charge on any atom is 0.147 e. The van der Waals surface area contributed by atoms with Gasteiger partial charge in [0.1, 0.15) is 11.9 Å². The topological polar surface area (TPSA) is 24.4 Å². The molecule has 1 aliphatic rings. The van der Waals surface area contributed by atoms with Gasteiger partial charge in [-0.3, -0.25) is 4.99 Å². The fourth-order valence-corrected chi connectivity index (χ4v) is 3.70. The van der Waals surface area contributed by atoms with Crippen molar-refractivity contribution in [3.05, 3.63) is 64.8 Å². The van der Waals surface area contributed by atoms with Gasteiger partial charge in [0, 0.05) is 21.3 Å². The smallest absolute Gasteiger partial charge is 0.147 e. The molecule has 4 rings (SSSR count). The molecule has 1 aromatic heterocycles. The summed E-state index contributed by atoms with van der Waals surface area (Å²) >= 11 is 1.48. The molecule has 0 amide bonds. The number of hydrogen-bond acceptors (Lipinski definition) is 3. The normalized spacial score (nSPS) is 16.1. The maximum absolute atomic E-state index is 14.6. The van der Waals surface area contributed by atoms with Crippen molar-refractivity contribution < 1.29 is 4.39 Å². The van der Waals surface area contributed by atoms with Crippen LogP contribution in [0.3, 0.4) is 0 Å². The predicted octanol–water partition coefficient (Wildman–Crippen LogP) is 5.01. The number of para-hydroxylation sites is 1. The highest BCUT2D eigenvalue weighted by molar-refractivity contribution is 7.19. The van der Waals surface area contributed by atoms with Crippen molar-refractivity contribution in [1.29, 1.82) is 0 Å². The van der Waals surface area contributed by atoms with Gasteiger partial charge in [0.05, 0.1) is 11.2 Å². The molecule has 2 heterocycles. The van der Waals surface area contributed by atoms with Gasteiger partial charge in [-0.25, -0.2) is 4.39 Å². The Balaban J connectivity index is 0.00000132. The Bertz CT molecular complexity index is 828. The summed E-state index contributed by atoms with van der Waals surface area (Å²) in [5.41, 5.74) is 2.00. The van der Waals surface area contributed by atoms with Crippen molar-refractivity contribution in [2.45, 2.75) is 6.04 Å². The van der Waals surface area contributed by atoms with Crippen LogP contribution in [0.25, 0.3) is 10.1 Å². The van der Waals surface area contributed by atoms with Gasteiger partial charge in [-0.2, -0.15) is 0 Å². The van der Waals surface area contributed by atoms with E-state index in [1.54, 1.807) is 6.34 Å². The van der Waals surface area contributed by atoms with E-state index < -0.39 is 0 Å². The number of nitrogens with zero attached hydrogens (tertiary/aromatic N) is 1. The first-order valence-corrected chi connectivity index (χ1v) is 7.20. The number of benzene rings is 2. The number of rotatable bonds is 1. The van der Waals surface area contributed by atoms with Gasteiger partial charge in [-0.15, -0.1) is 23.7 Å². The first-order valence-electron chi connectivity index (χ1n) is 6.38. The van der Waals surface area contributed by atoms with Crippen LogP contribution in [-0.2, 0) is 0 Å². The third-order valence-electron chi connectivity index (χ3n) is 3.51. The van der Waals surface area contributed by atoms with Crippen LogP contribution < -0.4 is 5.32 Å². The van der Waals surface area contributed by atoms with Crippen LogP contribution in [0.2, 0.25) is 0 Å². The summed E-state index contributed by atoms with van der Waals surface area (Å²) in [6.07, 6.45) is 1.65. The highest BCUT2D eigenvalue weighted by Crippen LogP contribution is 2.41. The van der Waals surface area contributed by atoms with E-state index in [-0.39, 0.29) is 24.3 Å². The minimum Gasteiger partial charge on any atom is -0.346 e. The molecule has 2 nitrogen and oxygen atoms in total. The molecule has 0 radical (unpaired) electrons. The predicted molar refractivity (Wildman–Crippen MR) is 89.4 cm³/mol. The fraction of sp³-hybridized carbons (Fsp3) is 0.0625. The lowest BCUT2D eigenvalue weighted by molar-refractivity contribution is 0.620. The van der Waals surface area contributed by atoms with Crippen LogP contribution in [-0.4, -0.2) is 6.34 Å². The average molecular weight is 319 g/mol. The number of thiophene rings is 1. The Kier molecular flexibility index (Phi) is 3.66. The summed E-state index contributed by atoms with van der Waals surface area (Å²) in [5, 5.41) is 3.79. The second-order valence-electron chi connectivity index (χ2n) is 4.69. The van der Waals surface area contributed by atoms with E-state index in [2.05, 4.69) is 10.3 Å². The largest absolute Gasteiger partial charge is 0.346 e. The SMILES string of the molecule is Cl.Fc1c(C2N=CNc3ccccc32)sc2ccccc12. The molecule has 1 atom stereocenters. The lowest BCUT2D eigenvalue weighted by Crippen LogP contribution is -2.11. The third-order valence-corrected chi connectivity index (χ3v) is 4.71. The van der Waals surface area contributed by atoms with E-state index in [0.29, 0.717) is 10.3 Å². The molecule has 1 aliphatic heterocycles. The molecule has 106 valence electrons. The molecular formula is C16H12ClFN2S. The average Bonchev–Trinajstić information content (AvgIpc) is 2.84.